The predicted molar refractivity (Wildman–Crippen MR) is 59.1 cm³/mol. The van der Waals surface area contributed by atoms with Crippen LogP contribution in [0, 0.1) is 0 Å². The molecule has 0 radical (unpaired) electrons. The van der Waals surface area contributed by atoms with Crippen LogP contribution >= 0.6 is 11.8 Å². The molecule has 0 heterocycles. The van der Waals surface area contributed by atoms with Gasteiger partial charge in [-0.1, -0.05) is 19.8 Å². The Balaban J connectivity index is 1.96. The lowest BCUT2D eigenvalue weighted by atomic mass is 9.98. The lowest BCUT2D eigenvalue weighted by molar-refractivity contribution is 0.255. The first-order chi connectivity index (χ1) is 6.33. The molecule has 0 unspecified atom stereocenters. The number of rotatable bonds is 5. The predicted octanol–water partition coefficient (Wildman–Crippen LogP) is 4.19. The minimum absolute atomic E-state index is 0.493. The molecular formula is C11H21FS. The van der Waals surface area contributed by atoms with Gasteiger partial charge in [-0.15, -0.1) is 0 Å². The van der Waals surface area contributed by atoms with Gasteiger partial charge >= 0.3 is 0 Å². The summed E-state index contributed by atoms with van der Waals surface area (Å²) in [5, 5.41) is 0.767. The van der Waals surface area contributed by atoms with Gasteiger partial charge in [0.1, 0.15) is 6.17 Å². The van der Waals surface area contributed by atoms with Gasteiger partial charge in [0, 0.05) is 5.25 Å². The van der Waals surface area contributed by atoms with Gasteiger partial charge in [0.15, 0.2) is 0 Å². The molecule has 0 aromatic carbocycles. The smallest absolute Gasteiger partial charge is 0.100 e. The van der Waals surface area contributed by atoms with E-state index >= 15 is 0 Å². The molecule has 0 aliphatic heterocycles. The number of halogens is 1. The van der Waals surface area contributed by atoms with E-state index in [1.165, 1.54) is 25.0 Å². The molecule has 0 aromatic rings. The average Bonchev–Trinajstić information content (AvgIpc) is 2.15. The topological polar surface area (TPSA) is 0 Å². The zero-order valence-electron chi connectivity index (χ0n) is 8.60. The maximum Gasteiger partial charge on any atom is 0.100 e. The first kappa shape index (κ1) is 11.4. The van der Waals surface area contributed by atoms with Crippen LogP contribution in [0.15, 0.2) is 0 Å². The van der Waals surface area contributed by atoms with Crippen molar-refractivity contribution in [2.45, 2.75) is 63.3 Å². The van der Waals surface area contributed by atoms with E-state index in [0.717, 1.165) is 30.9 Å². The second-order valence-corrected chi connectivity index (χ2v) is 5.36. The first-order valence-corrected chi connectivity index (χ1v) is 6.63. The SMILES string of the molecule is CCCCCSC1CCC(F)CC1. The molecule has 0 spiro atoms. The van der Waals surface area contributed by atoms with Crippen LogP contribution in [0.4, 0.5) is 4.39 Å². The molecule has 1 aliphatic rings. The molecule has 78 valence electrons. The second kappa shape index (κ2) is 6.69. The Morgan fingerprint density at radius 2 is 1.85 bits per heavy atom. The monoisotopic (exact) mass is 204 g/mol. The van der Waals surface area contributed by atoms with E-state index in [1.807, 2.05) is 0 Å². The highest BCUT2D eigenvalue weighted by Gasteiger charge is 2.20. The Morgan fingerprint density at radius 1 is 1.15 bits per heavy atom. The van der Waals surface area contributed by atoms with Gasteiger partial charge in [0.2, 0.25) is 0 Å². The van der Waals surface area contributed by atoms with E-state index in [2.05, 4.69) is 18.7 Å². The van der Waals surface area contributed by atoms with Crippen LogP contribution in [0.3, 0.4) is 0 Å². The zero-order valence-corrected chi connectivity index (χ0v) is 9.41. The van der Waals surface area contributed by atoms with Gasteiger partial charge in [-0.25, -0.2) is 4.39 Å². The van der Waals surface area contributed by atoms with Gasteiger partial charge in [0.05, 0.1) is 0 Å². The molecule has 1 fully saturated rings. The molecule has 1 rings (SSSR count). The van der Waals surface area contributed by atoms with Crippen LogP contribution in [0.2, 0.25) is 0 Å². The standard InChI is InChI=1S/C11H21FS/c1-2-3-4-9-13-11-7-5-10(12)6-8-11/h10-11H,2-9H2,1H3. The summed E-state index contributed by atoms with van der Waals surface area (Å²) in [5.41, 5.74) is 0. The van der Waals surface area contributed by atoms with E-state index in [9.17, 15) is 4.39 Å². The van der Waals surface area contributed by atoms with Gasteiger partial charge < -0.3 is 0 Å². The molecule has 0 aromatic heterocycles. The van der Waals surface area contributed by atoms with Crippen molar-refractivity contribution >= 4 is 11.8 Å². The van der Waals surface area contributed by atoms with Crippen LogP contribution in [-0.4, -0.2) is 17.2 Å². The Hall–Kier alpha value is 0.280. The summed E-state index contributed by atoms with van der Waals surface area (Å²) >= 11 is 2.07. The van der Waals surface area contributed by atoms with E-state index in [-0.39, 0.29) is 0 Å². The Kier molecular flexibility index (Phi) is 5.85. The van der Waals surface area contributed by atoms with Crippen molar-refractivity contribution in [1.82, 2.24) is 0 Å². The number of hydrogen-bond donors (Lipinski definition) is 0. The van der Waals surface area contributed by atoms with Gasteiger partial charge in [-0.3, -0.25) is 0 Å². The highest BCUT2D eigenvalue weighted by atomic mass is 32.2. The number of alkyl halides is 1. The van der Waals surface area contributed by atoms with Crippen LogP contribution in [-0.2, 0) is 0 Å². The fourth-order valence-electron chi connectivity index (χ4n) is 1.79. The highest BCUT2D eigenvalue weighted by molar-refractivity contribution is 7.99. The Morgan fingerprint density at radius 3 is 2.46 bits per heavy atom. The van der Waals surface area contributed by atoms with Gasteiger partial charge in [-0.05, 0) is 37.9 Å². The summed E-state index contributed by atoms with van der Waals surface area (Å²) in [7, 11) is 0. The van der Waals surface area contributed by atoms with Gasteiger partial charge in [0.25, 0.3) is 0 Å². The number of hydrogen-bond acceptors (Lipinski definition) is 1. The summed E-state index contributed by atoms with van der Waals surface area (Å²) < 4.78 is 12.8. The maximum absolute atomic E-state index is 12.8. The van der Waals surface area contributed by atoms with Crippen LogP contribution < -0.4 is 0 Å². The minimum atomic E-state index is -0.493. The largest absolute Gasteiger partial charge is 0.247 e. The van der Waals surface area contributed by atoms with E-state index < -0.39 is 6.17 Å². The Labute approximate surface area is 85.7 Å². The molecule has 1 aliphatic carbocycles. The van der Waals surface area contributed by atoms with E-state index in [1.54, 1.807) is 0 Å². The summed E-state index contributed by atoms with van der Waals surface area (Å²) in [4.78, 5) is 0. The second-order valence-electron chi connectivity index (χ2n) is 3.95. The molecule has 0 bridgehead atoms. The molecule has 0 saturated heterocycles. The van der Waals surface area contributed by atoms with Crippen LogP contribution in [0.5, 0.6) is 0 Å². The summed E-state index contributed by atoms with van der Waals surface area (Å²) in [6.07, 6.45) is 7.35. The maximum atomic E-state index is 12.8. The third kappa shape index (κ3) is 4.90. The van der Waals surface area contributed by atoms with Gasteiger partial charge in [-0.2, -0.15) is 11.8 Å². The third-order valence-corrected chi connectivity index (χ3v) is 4.17. The molecular weight excluding hydrogens is 183 g/mol. The summed E-state index contributed by atoms with van der Waals surface area (Å²) in [6.45, 7) is 2.24. The zero-order chi connectivity index (χ0) is 9.52. The van der Waals surface area contributed by atoms with Crippen molar-refractivity contribution in [1.29, 1.82) is 0 Å². The van der Waals surface area contributed by atoms with E-state index in [0.29, 0.717) is 0 Å². The van der Waals surface area contributed by atoms with Crippen LogP contribution in [0.1, 0.15) is 51.9 Å². The Bertz CT molecular complexity index is 119. The van der Waals surface area contributed by atoms with E-state index in [4.69, 9.17) is 0 Å². The molecule has 0 nitrogen and oxygen atoms in total. The normalized spacial score (nSPS) is 29.1. The average molecular weight is 204 g/mol. The first-order valence-electron chi connectivity index (χ1n) is 5.58. The van der Waals surface area contributed by atoms with Crippen molar-refractivity contribution in [2.75, 3.05) is 5.75 Å². The molecule has 1 saturated carbocycles. The molecule has 2 heteroatoms. The van der Waals surface area contributed by atoms with Crippen molar-refractivity contribution < 1.29 is 4.39 Å². The quantitative estimate of drug-likeness (QED) is 0.605. The lowest BCUT2D eigenvalue weighted by Crippen LogP contribution is -2.16. The van der Waals surface area contributed by atoms with Crippen molar-refractivity contribution in [3.8, 4) is 0 Å². The van der Waals surface area contributed by atoms with Crippen molar-refractivity contribution in [2.24, 2.45) is 0 Å². The number of unbranched alkanes of at least 4 members (excludes halogenated alkanes) is 2. The fraction of sp³-hybridized carbons (Fsp3) is 1.00. The number of thioether (sulfide) groups is 1. The highest BCUT2D eigenvalue weighted by Crippen LogP contribution is 2.30. The molecule has 0 atom stereocenters. The lowest BCUT2D eigenvalue weighted by Gasteiger charge is -2.23. The molecule has 0 N–H and O–H groups in total. The fourth-order valence-corrected chi connectivity index (χ4v) is 3.10. The van der Waals surface area contributed by atoms with Crippen molar-refractivity contribution in [3.63, 3.8) is 0 Å². The minimum Gasteiger partial charge on any atom is -0.247 e. The van der Waals surface area contributed by atoms with Crippen molar-refractivity contribution in [3.05, 3.63) is 0 Å². The summed E-state index contributed by atoms with van der Waals surface area (Å²) in [6, 6.07) is 0. The molecule has 0 amide bonds. The van der Waals surface area contributed by atoms with Crippen LogP contribution in [0.25, 0.3) is 0 Å². The summed E-state index contributed by atoms with van der Waals surface area (Å²) in [5.74, 6) is 1.29. The molecule has 13 heavy (non-hydrogen) atoms. The third-order valence-electron chi connectivity index (χ3n) is 2.71.